The van der Waals surface area contributed by atoms with Gasteiger partial charge in [-0.2, -0.15) is 0 Å². The van der Waals surface area contributed by atoms with Crippen molar-refractivity contribution < 1.29 is 18.0 Å². The minimum atomic E-state index is -3.10. The van der Waals surface area contributed by atoms with Gasteiger partial charge < -0.3 is 5.32 Å². The zero-order chi connectivity index (χ0) is 19.8. The second kappa shape index (κ2) is 7.90. The molecule has 2 aliphatic heterocycles. The second-order valence-corrected chi connectivity index (χ2v) is 10.7. The SMILES string of the molecule is C[C@@H](C(=O)N[C@@H]1CCS(=O)(=O)C1)N1C(=O)/C(=C/c2ccc(Cl)cc2)SC1=S. The Bertz CT molecular complexity index is 928. The van der Waals surface area contributed by atoms with Crippen molar-refractivity contribution in [3.05, 3.63) is 39.8 Å². The van der Waals surface area contributed by atoms with E-state index >= 15 is 0 Å². The Morgan fingerprint density at radius 2 is 2.07 bits per heavy atom. The van der Waals surface area contributed by atoms with Crippen LogP contribution in [0, 0.1) is 0 Å². The highest BCUT2D eigenvalue weighted by Gasteiger charge is 2.39. The lowest BCUT2D eigenvalue weighted by Crippen LogP contribution is -2.50. The fourth-order valence-corrected chi connectivity index (χ4v) is 6.09. The lowest BCUT2D eigenvalue weighted by atomic mass is 10.2. The number of sulfone groups is 1. The number of thioether (sulfide) groups is 1. The van der Waals surface area contributed by atoms with Crippen molar-refractivity contribution in [2.45, 2.75) is 25.4 Å². The summed E-state index contributed by atoms with van der Waals surface area (Å²) in [7, 11) is -3.10. The highest BCUT2D eigenvalue weighted by molar-refractivity contribution is 8.26. The topological polar surface area (TPSA) is 83.6 Å². The van der Waals surface area contributed by atoms with Crippen molar-refractivity contribution in [2.75, 3.05) is 11.5 Å². The first-order valence-corrected chi connectivity index (χ1v) is 11.6. The van der Waals surface area contributed by atoms with Crippen molar-refractivity contribution in [2.24, 2.45) is 0 Å². The number of thiocarbonyl (C=S) groups is 1. The molecule has 0 saturated carbocycles. The van der Waals surface area contributed by atoms with Crippen LogP contribution in [0.15, 0.2) is 29.2 Å². The summed E-state index contributed by atoms with van der Waals surface area (Å²) in [5.41, 5.74) is 0.799. The maximum absolute atomic E-state index is 12.7. The molecule has 0 aliphatic carbocycles. The van der Waals surface area contributed by atoms with E-state index in [1.54, 1.807) is 37.3 Å². The van der Waals surface area contributed by atoms with Crippen LogP contribution < -0.4 is 5.32 Å². The molecule has 0 radical (unpaired) electrons. The summed E-state index contributed by atoms with van der Waals surface area (Å²) >= 11 is 12.3. The summed E-state index contributed by atoms with van der Waals surface area (Å²) in [6.45, 7) is 1.58. The molecule has 0 bridgehead atoms. The van der Waals surface area contributed by atoms with Crippen molar-refractivity contribution in [1.82, 2.24) is 10.2 Å². The van der Waals surface area contributed by atoms with E-state index < -0.39 is 27.8 Å². The molecule has 144 valence electrons. The maximum atomic E-state index is 12.7. The maximum Gasteiger partial charge on any atom is 0.266 e. The number of benzene rings is 1. The first-order chi connectivity index (χ1) is 12.7. The van der Waals surface area contributed by atoms with Gasteiger partial charge in [0.05, 0.1) is 16.4 Å². The summed E-state index contributed by atoms with van der Waals surface area (Å²) in [6, 6.07) is 5.77. The van der Waals surface area contributed by atoms with E-state index in [1.807, 2.05) is 0 Å². The van der Waals surface area contributed by atoms with Crippen LogP contribution in [-0.2, 0) is 19.4 Å². The van der Waals surface area contributed by atoms with Crippen molar-refractivity contribution in [1.29, 1.82) is 0 Å². The Hall–Kier alpha value is -1.42. The van der Waals surface area contributed by atoms with Gasteiger partial charge in [-0.15, -0.1) is 0 Å². The molecule has 0 unspecified atom stereocenters. The van der Waals surface area contributed by atoms with Gasteiger partial charge in [0.2, 0.25) is 5.91 Å². The fourth-order valence-electron chi connectivity index (χ4n) is 2.87. The first-order valence-electron chi connectivity index (χ1n) is 8.20. The van der Waals surface area contributed by atoms with E-state index in [2.05, 4.69) is 5.32 Å². The van der Waals surface area contributed by atoms with Crippen LogP contribution in [0.5, 0.6) is 0 Å². The van der Waals surface area contributed by atoms with Gasteiger partial charge in [0.1, 0.15) is 10.4 Å². The molecule has 27 heavy (non-hydrogen) atoms. The quantitative estimate of drug-likeness (QED) is 0.566. The van der Waals surface area contributed by atoms with Crippen LogP contribution in [0.2, 0.25) is 5.02 Å². The Kier molecular flexibility index (Phi) is 5.95. The van der Waals surface area contributed by atoms with Crippen LogP contribution >= 0.6 is 35.6 Å². The first kappa shape index (κ1) is 20.3. The smallest absolute Gasteiger partial charge is 0.266 e. The molecule has 1 N–H and O–H groups in total. The fraction of sp³-hybridized carbons (Fsp3) is 0.353. The number of carbonyl (C=O) groups is 2. The molecule has 1 aromatic carbocycles. The lowest BCUT2D eigenvalue weighted by Gasteiger charge is -2.23. The van der Waals surface area contributed by atoms with Crippen molar-refractivity contribution in [3.8, 4) is 0 Å². The molecule has 2 atom stereocenters. The molecular formula is C17H17ClN2O4S3. The van der Waals surface area contributed by atoms with E-state index in [1.165, 1.54) is 4.90 Å². The van der Waals surface area contributed by atoms with Crippen LogP contribution in [0.3, 0.4) is 0 Å². The zero-order valence-electron chi connectivity index (χ0n) is 14.3. The van der Waals surface area contributed by atoms with Crippen molar-refractivity contribution in [3.63, 3.8) is 0 Å². The van der Waals surface area contributed by atoms with Gasteiger partial charge in [0, 0.05) is 11.1 Å². The normalized spacial score (nSPS) is 24.4. The summed E-state index contributed by atoms with van der Waals surface area (Å²) in [5, 5.41) is 3.30. The average Bonchev–Trinajstić information content (AvgIpc) is 3.07. The zero-order valence-corrected chi connectivity index (χ0v) is 17.6. The van der Waals surface area contributed by atoms with Crippen LogP contribution in [0.4, 0.5) is 0 Å². The number of nitrogens with one attached hydrogen (secondary N) is 1. The largest absolute Gasteiger partial charge is 0.351 e. The highest BCUT2D eigenvalue weighted by Crippen LogP contribution is 2.34. The number of rotatable bonds is 4. The molecule has 1 aromatic rings. The van der Waals surface area contributed by atoms with Crippen LogP contribution in [0.25, 0.3) is 6.08 Å². The number of hydrogen-bond acceptors (Lipinski definition) is 6. The summed E-state index contributed by atoms with van der Waals surface area (Å²) in [4.78, 5) is 26.9. The number of nitrogens with zero attached hydrogens (tertiary/aromatic N) is 1. The van der Waals surface area contributed by atoms with E-state index in [9.17, 15) is 18.0 Å². The Labute approximate surface area is 172 Å². The molecule has 2 aliphatic rings. The van der Waals surface area contributed by atoms with Gasteiger partial charge in [-0.05, 0) is 37.1 Å². The van der Waals surface area contributed by atoms with E-state index in [-0.39, 0.29) is 17.4 Å². The summed E-state index contributed by atoms with van der Waals surface area (Å²) in [6.07, 6.45) is 2.08. The van der Waals surface area contributed by atoms with Gasteiger partial charge in [-0.25, -0.2) is 8.42 Å². The van der Waals surface area contributed by atoms with Gasteiger partial charge in [-0.1, -0.05) is 47.7 Å². The van der Waals surface area contributed by atoms with Gasteiger partial charge >= 0.3 is 0 Å². The predicted octanol–water partition coefficient (Wildman–Crippen LogP) is 2.23. The molecule has 2 saturated heterocycles. The standard InChI is InChI=1S/C17H17ClN2O4S3/c1-10(15(21)19-13-6-7-27(23,24)9-13)20-16(22)14(26-17(20)25)8-11-2-4-12(18)5-3-11/h2-5,8,10,13H,6-7,9H2,1H3,(H,19,21)/b14-8-/t10-,13+/m0/s1. The van der Waals surface area contributed by atoms with Gasteiger partial charge in [0.15, 0.2) is 9.84 Å². The third kappa shape index (κ3) is 4.71. The minimum absolute atomic E-state index is 0.0667. The highest BCUT2D eigenvalue weighted by atomic mass is 35.5. The molecule has 6 nitrogen and oxygen atoms in total. The van der Waals surface area contributed by atoms with Gasteiger partial charge in [0.25, 0.3) is 5.91 Å². The molecule has 10 heteroatoms. The van der Waals surface area contributed by atoms with E-state index in [0.717, 1.165) is 17.3 Å². The molecule has 2 fully saturated rings. The third-order valence-electron chi connectivity index (χ3n) is 4.34. The number of carbonyl (C=O) groups excluding carboxylic acids is 2. The Balaban J connectivity index is 1.70. The third-order valence-corrected chi connectivity index (χ3v) is 7.69. The van der Waals surface area contributed by atoms with Crippen LogP contribution in [0.1, 0.15) is 18.9 Å². The minimum Gasteiger partial charge on any atom is -0.351 e. The average molecular weight is 445 g/mol. The number of amides is 2. The van der Waals surface area contributed by atoms with Gasteiger partial charge in [-0.3, -0.25) is 14.5 Å². The summed E-state index contributed by atoms with van der Waals surface area (Å²) < 4.78 is 23.4. The second-order valence-electron chi connectivity index (χ2n) is 6.39. The van der Waals surface area contributed by atoms with Crippen molar-refractivity contribution >= 4 is 67.6 Å². The molecule has 2 heterocycles. The molecule has 0 aromatic heterocycles. The van der Waals surface area contributed by atoms with E-state index in [4.69, 9.17) is 23.8 Å². The molecule has 0 spiro atoms. The Morgan fingerprint density at radius 1 is 1.41 bits per heavy atom. The molecule has 2 amide bonds. The monoisotopic (exact) mass is 444 g/mol. The lowest BCUT2D eigenvalue weighted by molar-refractivity contribution is -0.132. The van der Waals surface area contributed by atoms with Crippen LogP contribution in [-0.4, -0.2) is 53.0 Å². The Morgan fingerprint density at radius 3 is 2.67 bits per heavy atom. The number of halogens is 1. The van der Waals surface area contributed by atoms with E-state index in [0.29, 0.717) is 20.7 Å². The number of hydrogen-bond donors (Lipinski definition) is 1. The predicted molar refractivity (Wildman–Crippen MR) is 111 cm³/mol. The summed E-state index contributed by atoms with van der Waals surface area (Å²) in [5.74, 6) is -0.764. The molecular weight excluding hydrogens is 428 g/mol. The molecule has 3 rings (SSSR count).